The van der Waals surface area contributed by atoms with Gasteiger partial charge in [-0.25, -0.2) is 4.68 Å². The number of hydrogen-bond acceptors (Lipinski definition) is 3. The maximum atomic E-state index is 13.3. The first-order valence-corrected chi connectivity index (χ1v) is 10.5. The average molecular weight is 386 g/mol. The molecule has 0 unspecified atom stereocenters. The summed E-state index contributed by atoms with van der Waals surface area (Å²) in [7, 11) is 0. The molecule has 1 saturated heterocycles. The van der Waals surface area contributed by atoms with Crippen LogP contribution in [0.3, 0.4) is 0 Å². The lowest BCUT2D eigenvalue weighted by atomic mass is 10.1. The third-order valence-electron chi connectivity index (χ3n) is 6.07. The molecule has 2 aromatic carbocycles. The molecule has 1 aliphatic heterocycles. The summed E-state index contributed by atoms with van der Waals surface area (Å²) in [6, 6.07) is 18.7. The summed E-state index contributed by atoms with van der Waals surface area (Å²) in [6.45, 7) is 5.31. The van der Waals surface area contributed by atoms with Gasteiger partial charge in [-0.05, 0) is 56.0 Å². The van der Waals surface area contributed by atoms with Gasteiger partial charge in [0.25, 0.3) is 5.91 Å². The molecule has 0 bridgehead atoms. The summed E-state index contributed by atoms with van der Waals surface area (Å²) >= 11 is 0. The summed E-state index contributed by atoms with van der Waals surface area (Å²) in [5.41, 5.74) is 6.56. The minimum absolute atomic E-state index is 0.0849. The number of nitrogens with zero attached hydrogens (tertiary/aromatic N) is 4. The maximum absolute atomic E-state index is 13.3. The Bertz CT molecular complexity index is 1030. The lowest BCUT2D eigenvalue weighted by Crippen LogP contribution is -2.49. The number of para-hydroxylation sites is 1. The van der Waals surface area contributed by atoms with Crippen LogP contribution in [0.15, 0.2) is 54.6 Å². The molecule has 0 radical (unpaired) electrons. The van der Waals surface area contributed by atoms with Gasteiger partial charge in [0.05, 0.1) is 5.69 Å². The summed E-state index contributed by atoms with van der Waals surface area (Å²) in [4.78, 5) is 17.7. The second-order valence-corrected chi connectivity index (χ2v) is 7.99. The highest BCUT2D eigenvalue weighted by atomic mass is 16.2. The molecule has 1 aromatic heterocycles. The van der Waals surface area contributed by atoms with Crippen molar-refractivity contribution in [1.82, 2.24) is 14.7 Å². The van der Waals surface area contributed by atoms with Gasteiger partial charge < -0.3 is 9.80 Å². The summed E-state index contributed by atoms with van der Waals surface area (Å²) in [5.74, 6) is 0.0849. The molecule has 5 nitrogen and oxygen atoms in total. The average Bonchev–Trinajstić information content (AvgIpc) is 3.37. The lowest BCUT2D eigenvalue weighted by Gasteiger charge is -2.36. The van der Waals surface area contributed by atoms with Crippen molar-refractivity contribution in [2.24, 2.45) is 0 Å². The summed E-state index contributed by atoms with van der Waals surface area (Å²) in [5, 5.41) is 4.78. The number of fused-ring (bicyclic) bond motifs is 1. The van der Waals surface area contributed by atoms with Gasteiger partial charge in [-0.15, -0.1) is 0 Å². The molecule has 1 fully saturated rings. The fraction of sp³-hybridized carbons (Fsp3) is 0.333. The van der Waals surface area contributed by atoms with E-state index >= 15 is 0 Å². The molecular formula is C24H26N4O. The largest absolute Gasteiger partial charge is 0.368 e. The van der Waals surface area contributed by atoms with Gasteiger partial charge in [-0.3, -0.25) is 4.79 Å². The van der Waals surface area contributed by atoms with Crippen molar-refractivity contribution in [3.8, 4) is 5.69 Å². The number of piperazine rings is 1. The second-order valence-electron chi connectivity index (χ2n) is 7.99. The Morgan fingerprint density at radius 3 is 2.41 bits per heavy atom. The molecule has 5 heteroatoms. The normalized spacial score (nSPS) is 16.2. The van der Waals surface area contributed by atoms with Crippen molar-refractivity contribution in [1.29, 1.82) is 0 Å². The fourth-order valence-corrected chi connectivity index (χ4v) is 4.53. The molecular weight excluding hydrogens is 360 g/mol. The Morgan fingerprint density at radius 2 is 1.66 bits per heavy atom. The monoisotopic (exact) mass is 386 g/mol. The maximum Gasteiger partial charge on any atom is 0.274 e. The van der Waals surface area contributed by atoms with Gasteiger partial charge in [0.1, 0.15) is 0 Å². The quantitative estimate of drug-likeness (QED) is 0.690. The zero-order chi connectivity index (χ0) is 19.8. The summed E-state index contributed by atoms with van der Waals surface area (Å²) < 4.78 is 1.98. The topological polar surface area (TPSA) is 41.4 Å². The molecule has 2 aliphatic rings. The predicted molar refractivity (Wildman–Crippen MR) is 115 cm³/mol. The van der Waals surface area contributed by atoms with Crippen LogP contribution in [0.4, 0.5) is 5.69 Å². The van der Waals surface area contributed by atoms with Crippen molar-refractivity contribution in [2.75, 3.05) is 31.1 Å². The molecule has 29 heavy (non-hydrogen) atoms. The number of carbonyl (C=O) groups excluding carboxylic acids is 1. The van der Waals surface area contributed by atoms with E-state index in [1.54, 1.807) is 0 Å². The van der Waals surface area contributed by atoms with Crippen LogP contribution in [0.2, 0.25) is 0 Å². The molecule has 148 valence electrons. The highest BCUT2D eigenvalue weighted by Gasteiger charge is 2.31. The van der Waals surface area contributed by atoms with E-state index in [0.717, 1.165) is 56.7 Å². The van der Waals surface area contributed by atoms with E-state index < -0.39 is 0 Å². The number of rotatable bonds is 3. The number of amides is 1. The minimum Gasteiger partial charge on any atom is -0.368 e. The number of aryl methyl sites for hydroxylation is 1. The number of hydrogen-bond donors (Lipinski definition) is 0. The third-order valence-corrected chi connectivity index (χ3v) is 6.07. The van der Waals surface area contributed by atoms with Crippen molar-refractivity contribution < 1.29 is 4.79 Å². The standard InChI is InChI=1S/C24H26N4O/c1-18-7-5-10-20(17-18)26-13-15-27(16-14-26)24(29)23-21-11-6-12-22(21)28(25-23)19-8-3-2-4-9-19/h2-5,7-10,17H,6,11-16H2,1H3. The number of carbonyl (C=O) groups is 1. The number of benzene rings is 2. The van der Waals surface area contributed by atoms with Crippen molar-refractivity contribution in [3.63, 3.8) is 0 Å². The zero-order valence-electron chi connectivity index (χ0n) is 16.8. The number of anilines is 1. The van der Waals surface area contributed by atoms with Crippen LogP contribution in [0.1, 0.15) is 33.7 Å². The van der Waals surface area contributed by atoms with Gasteiger partial charge >= 0.3 is 0 Å². The molecule has 5 rings (SSSR count). The van der Waals surface area contributed by atoms with Crippen molar-refractivity contribution in [3.05, 3.63) is 77.1 Å². The van der Waals surface area contributed by atoms with Crippen LogP contribution < -0.4 is 4.90 Å². The highest BCUT2D eigenvalue weighted by Crippen LogP contribution is 2.29. The van der Waals surface area contributed by atoms with E-state index in [-0.39, 0.29) is 5.91 Å². The van der Waals surface area contributed by atoms with Crippen LogP contribution in [0.25, 0.3) is 5.69 Å². The third kappa shape index (κ3) is 3.31. The van der Waals surface area contributed by atoms with E-state index in [1.807, 2.05) is 27.8 Å². The molecule has 0 spiro atoms. The Morgan fingerprint density at radius 1 is 0.897 bits per heavy atom. The van der Waals surface area contributed by atoms with E-state index in [0.29, 0.717) is 5.69 Å². The zero-order valence-corrected chi connectivity index (χ0v) is 16.8. The molecule has 1 aliphatic carbocycles. The molecule has 0 atom stereocenters. The van der Waals surface area contributed by atoms with Crippen molar-refractivity contribution >= 4 is 11.6 Å². The predicted octanol–water partition coefficient (Wildman–Crippen LogP) is 3.63. The van der Waals surface area contributed by atoms with E-state index in [4.69, 9.17) is 5.10 Å². The van der Waals surface area contributed by atoms with Crippen LogP contribution in [0.5, 0.6) is 0 Å². The van der Waals surface area contributed by atoms with Crippen LogP contribution in [-0.4, -0.2) is 46.8 Å². The van der Waals surface area contributed by atoms with Crippen LogP contribution in [0, 0.1) is 6.92 Å². The molecule has 1 amide bonds. The molecule has 3 aromatic rings. The Labute approximate surface area is 171 Å². The molecule has 0 saturated carbocycles. The number of aromatic nitrogens is 2. The molecule has 0 N–H and O–H groups in total. The van der Waals surface area contributed by atoms with Gasteiger partial charge in [0.2, 0.25) is 0 Å². The first-order chi connectivity index (χ1) is 14.2. The summed E-state index contributed by atoms with van der Waals surface area (Å²) in [6.07, 6.45) is 3.04. The van der Waals surface area contributed by atoms with Gasteiger partial charge in [0.15, 0.2) is 5.69 Å². The van der Waals surface area contributed by atoms with Crippen molar-refractivity contribution in [2.45, 2.75) is 26.2 Å². The van der Waals surface area contributed by atoms with Gasteiger partial charge in [-0.2, -0.15) is 5.10 Å². The SMILES string of the molecule is Cc1cccc(N2CCN(C(=O)c3nn(-c4ccccc4)c4c3CCC4)CC2)c1. The van der Waals surface area contributed by atoms with Gasteiger partial charge in [0, 0.05) is 43.1 Å². The van der Waals surface area contributed by atoms with Crippen LogP contribution in [-0.2, 0) is 12.8 Å². The van der Waals surface area contributed by atoms with Crippen LogP contribution >= 0.6 is 0 Å². The first kappa shape index (κ1) is 18.0. The highest BCUT2D eigenvalue weighted by molar-refractivity contribution is 5.94. The first-order valence-electron chi connectivity index (χ1n) is 10.5. The molecule has 2 heterocycles. The Balaban J connectivity index is 1.36. The Kier molecular flexibility index (Phi) is 4.58. The smallest absolute Gasteiger partial charge is 0.274 e. The Hall–Kier alpha value is -3.08. The second kappa shape index (κ2) is 7.39. The van der Waals surface area contributed by atoms with E-state index in [1.165, 1.54) is 16.9 Å². The lowest BCUT2D eigenvalue weighted by molar-refractivity contribution is 0.0739. The minimum atomic E-state index is 0.0849. The van der Waals surface area contributed by atoms with Gasteiger partial charge in [-0.1, -0.05) is 30.3 Å². The van der Waals surface area contributed by atoms with E-state index in [2.05, 4.69) is 48.2 Å². The fourth-order valence-electron chi connectivity index (χ4n) is 4.53. The van der Waals surface area contributed by atoms with E-state index in [9.17, 15) is 4.79 Å².